The van der Waals surface area contributed by atoms with E-state index in [1.165, 1.54) is 12.1 Å². The molecule has 1 heterocycles. The monoisotopic (exact) mass is 280 g/mol. The second-order valence-electron chi connectivity index (χ2n) is 4.93. The molecule has 1 amide bonds. The summed E-state index contributed by atoms with van der Waals surface area (Å²) in [4.78, 5) is 13.9. The molecule has 1 unspecified atom stereocenters. The van der Waals surface area contributed by atoms with Gasteiger partial charge in [0.15, 0.2) is 0 Å². The lowest BCUT2D eigenvalue weighted by molar-refractivity contribution is -0.138. The van der Waals surface area contributed by atoms with E-state index in [4.69, 9.17) is 4.74 Å². The average Bonchev–Trinajstić information content (AvgIpc) is 2.48. The number of nitrogens with zero attached hydrogens (tertiary/aromatic N) is 1. The summed E-state index contributed by atoms with van der Waals surface area (Å²) in [5.74, 6) is -0.171. The van der Waals surface area contributed by atoms with Gasteiger partial charge in [0.1, 0.15) is 11.9 Å². The first kappa shape index (κ1) is 14.9. The number of benzene rings is 1. The van der Waals surface area contributed by atoms with Crippen LogP contribution >= 0.6 is 0 Å². The number of morpholine rings is 1. The van der Waals surface area contributed by atoms with E-state index in [0.717, 1.165) is 18.5 Å². The summed E-state index contributed by atoms with van der Waals surface area (Å²) in [6.45, 7) is 4.93. The molecular weight excluding hydrogens is 259 g/mol. The molecule has 5 heteroatoms. The number of carbonyl (C=O) groups excluding carboxylic acids is 1. The van der Waals surface area contributed by atoms with Crippen LogP contribution in [0.3, 0.4) is 0 Å². The molecule has 1 N–H and O–H groups in total. The van der Waals surface area contributed by atoms with Gasteiger partial charge in [-0.05, 0) is 30.7 Å². The first-order valence-corrected chi connectivity index (χ1v) is 7.06. The smallest absolute Gasteiger partial charge is 0.236 e. The number of ether oxygens (including phenoxy) is 1. The number of nitrogens with one attached hydrogen (secondary N) is 1. The molecule has 110 valence electrons. The van der Waals surface area contributed by atoms with E-state index in [-0.39, 0.29) is 17.8 Å². The van der Waals surface area contributed by atoms with Gasteiger partial charge in [-0.25, -0.2) is 4.39 Å². The van der Waals surface area contributed by atoms with Gasteiger partial charge in [0.05, 0.1) is 19.7 Å². The van der Waals surface area contributed by atoms with Crippen molar-refractivity contribution in [2.24, 2.45) is 0 Å². The van der Waals surface area contributed by atoms with E-state index >= 15 is 0 Å². The van der Waals surface area contributed by atoms with E-state index in [1.54, 1.807) is 17.0 Å². The van der Waals surface area contributed by atoms with Crippen molar-refractivity contribution >= 4 is 5.91 Å². The number of halogens is 1. The van der Waals surface area contributed by atoms with Crippen molar-refractivity contribution < 1.29 is 13.9 Å². The van der Waals surface area contributed by atoms with Crippen molar-refractivity contribution in [2.45, 2.75) is 19.4 Å². The first-order valence-electron chi connectivity index (χ1n) is 7.06. The topological polar surface area (TPSA) is 41.6 Å². The first-order chi connectivity index (χ1) is 9.70. The molecule has 1 saturated heterocycles. The second-order valence-corrected chi connectivity index (χ2v) is 4.93. The molecule has 20 heavy (non-hydrogen) atoms. The Morgan fingerprint density at radius 1 is 1.45 bits per heavy atom. The third-order valence-corrected chi connectivity index (χ3v) is 3.36. The van der Waals surface area contributed by atoms with Gasteiger partial charge < -0.3 is 15.0 Å². The fraction of sp³-hybridized carbons (Fsp3) is 0.533. The molecule has 0 saturated carbocycles. The van der Waals surface area contributed by atoms with Gasteiger partial charge in [0, 0.05) is 6.54 Å². The maximum Gasteiger partial charge on any atom is 0.236 e. The van der Waals surface area contributed by atoms with Crippen molar-refractivity contribution in [3.05, 3.63) is 35.6 Å². The van der Waals surface area contributed by atoms with E-state index in [9.17, 15) is 9.18 Å². The molecule has 2 rings (SSSR count). The van der Waals surface area contributed by atoms with Crippen molar-refractivity contribution in [3.8, 4) is 0 Å². The summed E-state index contributed by atoms with van der Waals surface area (Å²) < 4.78 is 18.6. The van der Waals surface area contributed by atoms with Crippen molar-refractivity contribution in [1.29, 1.82) is 0 Å². The summed E-state index contributed by atoms with van der Waals surface area (Å²) in [6.07, 6.45) is 0.841. The number of rotatable bonds is 5. The van der Waals surface area contributed by atoms with Gasteiger partial charge in [-0.3, -0.25) is 4.79 Å². The zero-order valence-corrected chi connectivity index (χ0v) is 11.8. The van der Waals surface area contributed by atoms with E-state index in [2.05, 4.69) is 12.2 Å². The molecular formula is C15H21FN2O2. The minimum Gasteiger partial charge on any atom is -0.370 e. The van der Waals surface area contributed by atoms with Gasteiger partial charge in [-0.1, -0.05) is 19.1 Å². The summed E-state index contributed by atoms with van der Waals surface area (Å²) >= 11 is 0. The number of hydrogen-bond donors (Lipinski definition) is 1. The Balaban J connectivity index is 1.91. The molecule has 0 bridgehead atoms. The van der Waals surface area contributed by atoms with Crippen LogP contribution in [0.25, 0.3) is 0 Å². The fourth-order valence-corrected chi connectivity index (χ4v) is 2.24. The summed E-state index contributed by atoms with van der Waals surface area (Å²) in [5, 5.41) is 3.11. The molecule has 1 fully saturated rings. The van der Waals surface area contributed by atoms with E-state index < -0.39 is 0 Å². The van der Waals surface area contributed by atoms with Crippen molar-refractivity contribution in [1.82, 2.24) is 10.2 Å². The SMILES string of the molecule is CCCNCC(=O)N1CCOC(c2ccc(F)cc2)C1. The Morgan fingerprint density at radius 2 is 2.20 bits per heavy atom. The molecule has 0 radical (unpaired) electrons. The largest absolute Gasteiger partial charge is 0.370 e. The van der Waals surface area contributed by atoms with Gasteiger partial charge in [0.2, 0.25) is 5.91 Å². The van der Waals surface area contributed by atoms with Crippen molar-refractivity contribution in [3.63, 3.8) is 0 Å². The van der Waals surface area contributed by atoms with Gasteiger partial charge in [-0.2, -0.15) is 0 Å². The minimum atomic E-state index is -0.263. The number of hydrogen-bond acceptors (Lipinski definition) is 3. The predicted molar refractivity (Wildman–Crippen MR) is 74.8 cm³/mol. The van der Waals surface area contributed by atoms with Crippen LogP contribution in [0.4, 0.5) is 4.39 Å². The zero-order valence-electron chi connectivity index (χ0n) is 11.8. The van der Waals surface area contributed by atoms with E-state index in [0.29, 0.717) is 26.2 Å². The zero-order chi connectivity index (χ0) is 14.4. The lowest BCUT2D eigenvalue weighted by Crippen LogP contribution is -2.45. The van der Waals surface area contributed by atoms with Crippen LogP contribution in [0.5, 0.6) is 0 Å². The molecule has 1 aliphatic rings. The average molecular weight is 280 g/mol. The van der Waals surface area contributed by atoms with Crippen LogP contribution in [0.15, 0.2) is 24.3 Å². The van der Waals surface area contributed by atoms with Crippen LogP contribution < -0.4 is 5.32 Å². The molecule has 1 aliphatic heterocycles. The number of carbonyl (C=O) groups is 1. The Bertz CT molecular complexity index is 436. The lowest BCUT2D eigenvalue weighted by Gasteiger charge is -2.33. The molecule has 0 aliphatic carbocycles. The van der Waals surface area contributed by atoms with Crippen molar-refractivity contribution in [2.75, 3.05) is 32.8 Å². The Labute approximate surface area is 118 Å². The fourth-order valence-electron chi connectivity index (χ4n) is 2.24. The third-order valence-electron chi connectivity index (χ3n) is 3.36. The number of amides is 1. The predicted octanol–water partition coefficient (Wildman–Crippen LogP) is 1.73. The highest BCUT2D eigenvalue weighted by Gasteiger charge is 2.24. The van der Waals surface area contributed by atoms with Crippen LogP contribution in [0, 0.1) is 5.82 Å². The second kappa shape index (κ2) is 7.36. The van der Waals surface area contributed by atoms with Gasteiger partial charge >= 0.3 is 0 Å². The standard InChI is InChI=1S/C15H21FN2O2/c1-2-7-17-10-15(19)18-8-9-20-14(11-18)12-3-5-13(16)6-4-12/h3-6,14,17H,2,7-11H2,1H3. The molecule has 0 aromatic heterocycles. The third kappa shape index (κ3) is 4.02. The summed E-state index contributed by atoms with van der Waals surface area (Å²) in [5.41, 5.74) is 0.908. The molecule has 1 aromatic rings. The molecule has 0 spiro atoms. The quantitative estimate of drug-likeness (QED) is 0.835. The van der Waals surface area contributed by atoms with Crippen LogP contribution in [0.2, 0.25) is 0 Å². The Hall–Kier alpha value is -1.46. The highest BCUT2D eigenvalue weighted by molar-refractivity contribution is 5.78. The molecule has 1 aromatic carbocycles. The maximum atomic E-state index is 12.9. The normalized spacial score (nSPS) is 19.1. The highest BCUT2D eigenvalue weighted by Crippen LogP contribution is 2.22. The maximum absolute atomic E-state index is 12.9. The van der Waals surface area contributed by atoms with Gasteiger partial charge in [-0.15, -0.1) is 0 Å². The summed E-state index contributed by atoms with van der Waals surface area (Å²) in [7, 11) is 0. The minimum absolute atomic E-state index is 0.0915. The summed E-state index contributed by atoms with van der Waals surface area (Å²) in [6, 6.07) is 6.26. The Morgan fingerprint density at radius 3 is 2.90 bits per heavy atom. The highest BCUT2D eigenvalue weighted by atomic mass is 19.1. The van der Waals surface area contributed by atoms with Crippen LogP contribution in [0.1, 0.15) is 25.0 Å². The van der Waals surface area contributed by atoms with Crippen LogP contribution in [-0.2, 0) is 9.53 Å². The van der Waals surface area contributed by atoms with E-state index in [1.807, 2.05) is 0 Å². The molecule has 4 nitrogen and oxygen atoms in total. The van der Waals surface area contributed by atoms with Gasteiger partial charge in [0.25, 0.3) is 0 Å². The Kier molecular flexibility index (Phi) is 5.49. The molecule has 1 atom stereocenters. The van der Waals surface area contributed by atoms with Crippen LogP contribution in [-0.4, -0.2) is 43.6 Å². The lowest BCUT2D eigenvalue weighted by atomic mass is 10.1.